The number of ether oxygens (including phenoxy) is 1. The van der Waals surface area contributed by atoms with Crippen molar-refractivity contribution in [2.45, 2.75) is 32.4 Å². The zero-order valence-corrected chi connectivity index (χ0v) is 18.7. The summed E-state index contributed by atoms with van der Waals surface area (Å²) in [7, 11) is 2.06. The van der Waals surface area contributed by atoms with Crippen molar-refractivity contribution in [2.75, 3.05) is 26.7 Å². The summed E-state index contributed by atoms with van der Waals surface area (Å²) in [5.41, 5.74) is 3.26. The molecule has 0 spiro atoms. The Balaban J connectivity index is 1.21. The quantitative estimate of drug-likeness (QED) is 0.499. The number of carbonyl (C=O) groups excluding carboxylic acids is 1. The minimum atomic E-state index is 0.224. The maximum Gasteiger partial charge on any atom is 0.227 e. The number of carbonyl (C=O) groups is 1. The van der Waals surface area contributed by atoms with Crippen LogP contribution in [0.4, 0.5) is 0 Å². The summed E-state index contributed by atoms with van der Waals surface area (Å²) in [6.45, 7) is 3.87. The van der Waals surface area contributed by atoms with Gasteiger partial charge in [0.15, 0.2) is 0 Å². The van der Waals surface area contributed by atoms with Crippen LogP contribution in [-0.4, -0.2) is 47.6 Å². The third kappa shape index (κ3) is 6.42. The Morgan fingerprint density at radius 1 is 1.23 bits per heavy atom. The fraction of sp³-hybridized carbons (Fsp3) is 0.417. The standard InChI is InChI=1S/C24H29N3O3S/c1-26(16-22-8-11-30-25-22)14-19-4-6-23(7-5-19)29-17-21-3-2-10-27(15-21)24(28)13-20-9-12-31-18-20/h4-9,11-12,18,21H,2-3,10,13-17H2,1H3/t21-/m1/s1. The van der Waals surface area contributed by atoms with Gasteiger partial charge in [0.05, 0.1) is 18.7 Å². The van der Waals surface area contributed by atoms with Gasteiger partial charge in [0.2, 0.25) is 5.91 Å². The Hall–Kier alpha value is -2.64. The SMILES string of the molecule is CN(Cc1ccc(OC[C@@H]2CCCN(C(=O)Cc3ccsc3)C2)cc1)Cc1ccon1. The van der Waals surface area contributed by atoms with Gasteiger partial charge in [-0.1, -0.05) is 17.3 Å². The summed E-state index contributed by atoms with van der Waals surface area (Å²) in [5, 5.41) is 8.03. The minimum Gasteiger partial charge on any atom is -0.493 e. The summed E-state index contributed by atoms with van der Waals surface area (Å²) < 4.78 is 10.9. The number of nitrogens with zero attached hydrogens (tertiary/aromatic N) is 3. The van der Waals surface area contributed by atoms with Crippen LogP contribution in [0, 0.1) is 5.92 Å². The van der Waals surface area contributed by atoms with Gasteiger partial charge < -0.3 is 14.2 Å². The monoisotopic (exact) mass is 439 g/mol. The van der Waals surface area contributed by atoms with E-state index < -0.39 is 0 Å². The van der Waals surface area contributed by atoms with E-state index >= 15 is 0 Å². The first-order valence-corrected chi connectivity index (χ1v) is 11.7. The van der Waals surface area contributed by atoms with Crippen LogP contribution in [0.15, 0.2) is 57.9 Å². The first-order valence-electron chi connectivity index (χ1n) is 10.7. The molecule has 0 radical (unpaired) electrons. The van der Waals surface area contributed by atoms with Crippen LogP contribution >= 0.6 is 11.3 Å². The van der Waals surface area contributed by atoms with Crippen molar-refractivity contribution in [1.82, 2.24) is 15.0 Å². The molecule has 3 heterocycles. The minimum absolute atomic E-state index is 0.224. The van der Waals surface area contributed by atoms with Gasteiger partial charge in [-0.2, -0.15) is 11.3 Å². The number of amides is 1. The van der Waals surface area contributed by atoms with Crippen molar-refractivity contribution in [3.05, 3.63) is 70.2 Å². The number of likely N-dealkylation sites (tertiary alicyclic amines) is 1. The zero-order valence-electron chi connectivity index (χ0n) is 17.9. The first-order chi connectivity index (χ1) is 15.2. The highest BCUT2D eigenvalue weighted by atomic mass is 32.1. The van der Waals surface area contributed by atoms with Gasteiger partial charge in [-0.25, -0.2) is 0 Å². The summed E-state index contributed by atoms with van der Waals surface area (Å²) >= 11 is 1.64. The van der Waals surface area contributed by atoms with Gasteiger partial charge in [-0.05, 0) is 60.0 Å². The molecule has 1 saturated heterocycles. The largest absolute Gasteiger partial charge is 0.493 e. The van der Waals surface area contributed by atoms with Gasteiger partial charge in [0.25, 0.3) is 0 Å². The molecule has 0 bridgehead atoms. The molecule has 31 heavy (non-hydrogen) atoms. The fourth-order valence-corrected chi connectivity index (χ4v) is 4.64. The third-order valence-electron chi connectivity index (χ3n) is 5.59. The number of hydrogen-bond donors (Lipinski definition) is 0. The average molecular weight is 440 g/mol. The molecule has 1 amide bonds. The normalized spacial score (nSPS) is 16.6. The van der Waals surface area contributed by atoms with E-state index in [1.54, 1.807) is 17.6 Å². The van der Waals surface area contributed by atoms with E-state index in [1.165, 1.54) is 5.56 Å². The highest BCUT2D eigenvalue weighted by Crippen LogP contribution is 2.21. The van der Waals surface area contributed by atoms with Crippen molar-refractivity contribution in [1.29, 1.82) is 0 Å². The van der Waals surface area contributed by atoms with Crippen molar-refractivity contribution < 1.29 is 14.1 Å². The molecule has 2 aromatic heterocycles. The molecule has 1 atom stereocenters. The summed E-state index contributed by atoms with van der Waals surface area (Å²) in [5.74, 6) is 1.49. The second-order valence-electron chi connectivity index (χ2n) is 8.27. The first kappa shape index (κ1) is 21.6. The molecular weight excluding hydrogens is 410 g/mol. The lowest BCUT2D eigenvalue weighted by atomic mass is 9.98. The maximum atomic E-state index is 12.6. The van der Waals surface area contributed by atoms with Gasteiger partial charge in [0.1, 0.15) is 12.0 Å². The van der Waals surface area contributed by atoms with Crippen LogP contribution < -0.4 is 4.74 Å². The van der Waals surface area contributed by atoms with Crippen molar-refractivity contribution in [3.8, 4) is 5.75 Å². The molecule has 6 nitrogen and oxygen atoms in total. The van der Waals surface area contributed by atoms with Crippen molar-refractivity contribution >= 4 is 17.2 Å². The average Bonchev–Trinajstić information content (AvgIpc) is 3.48. The smallest absolute Gasteiger partial charge is 0.227 e. The lowest BCUT2D eigenvalue weighted by Crippen LogP contribution is -2.42. The number of piperidine rings is 1. The fourth-order valence-electron chi connectivity index (χ4n) is 3.98. The predicted octanol–water partition coefficient (Wildman–Crippen LogP) is 4.23. The number of thiophene rings is 1. The molecule has 4 rings (SSSR count). The van der Waals surface area contributed by atoms with E-state index in [-0.39, 0.29) is 5.91 Å². The number of benzene rings is 1. The lowest BCUT2D eigenvalue weighted by molar-refractivity contribution is -0.132. The maximum absolute atomic E-state index is 12.6. The lowest BCUT2D eigenvalue weighted by Gasteiger charge is -2.32. The van der Waals surface area contributed by atoms with Crippen LogP contribution in [0.5, 0.6) is 5.75 Å². The van der Waals surface area contributed by atoms with E-state index in [9.17, 15) is 4.79 Å². The van der Waals surface area contributed by atoms with E-state index in [1.807, 2.05) is 34.5 Å². The van der Waals surface area contributed by atoms with Crippen LogP contribution in [0.1, 0.15) is 29.7 Å². The Morgan fingerprint density at radius 3 is 2.84 bits per heavy atom. The highest BCUT2D eigenvalue weighted by molar-refractivity contribution is 7.08. The second kappa shape index (κ2) is 10.6. The van der Waals surface area contributed by atoms with Crippen LogP contribution in [0.3, 0.4) is 0 Å². The van der Waals surface area contributed by atoms with Gasteiger partial charge in [-0.15, -0.1) is 0 Å². The molecule has 1 fully saturated rings. The van der Waals surface area contributed by atoms with E-state index in [0.29, 0.717) is 18.9 Å². The highest BCUT2D eigenvalue weighted by Gasteiger charge is 2.24. The summed E-state index contributed by atoms with van der Waals surface area (Å²) in [6, 6.07) is 12.2. The van der Waals surface area contributed by atoms with Gasteiger partial charge in [-0.3, -0.25) is 9.69 Å². The molecule has 3 aromatic rings. The Labute approximate surface area is 187 Å². The van der Waals surface area contributed by atoms with Crippen LogP contribution in [0.2, 0.25) is 0 Å². The van der Waals surface area contributed by atoms with E-state index in [0.717, 1.165) is 56.0 Å². The number of aromatic nitrogens is 1. The summed E-state index contributed by atoms with van der Waals surface area (Å²) in [6.07, 6.45) is 4.25. The zero-order chi connectivity index (χ0) is 21.5. The molecule has 1 aromatic carbocycles. The van der Waals surface area contributed by atoms with E-state index in [4.69, 9.17) is 9.26 Å². The van der Waals surface area contributed by atoms with Crippen LogP contribution in [-0.2, 0) is 24.3 Å². The third-order valence-corrected chi connectivity index (χ3v) is 6.32. The Morgan fingerprint density at radius 2 is 2.10 bits per heavy atom. The van der Waals surface area contributed by atoms with E-state index in [2.05, 4.69) is 34.6 Å². The number of hydrogen-bond acceptors (Lipinski definition) is 6. The molecule has 0 aliphatic carbocycles. The van der Waals surface area contributed by atoms with Crippen LogP contribution in [0.25, 0.3) is 0 Å². The Kier molecular flexibility index (Phi) is 7.38. The topological polar surface area (TPSA) is 58.8 Å². The van der Waals surface area contributed by atoms with Crippen molar-refractivity contribution in [2.24, 2.45) is 5.92 Å². The number of rotatable bonds is 9. The molecule has 1 aliphatic rings. The molecule has 0 N–H and O–H groups in total. The molecule has 0 unspecified atom stereocenters. The molecule has 164 valence electrons. The predicted molar refractivity (Wildman–Crippen MR) is 121 cm³/mol. The second-order valence-corrected chi connectivity index (χ2v) is 9.05. The molecule has 7 heteroatoms. The molecular formula is C24H29N3O3S. The molecule has 0 saturated carbocycles. The van der Waals surface area contributed by atoms with Crippen molar-refractivity contribution in [3.63, 3.8) is 0 Å². The van der Waals surface area contributed by atoms with Gasteiger partial charge in [0, 0.05) is 38.2 Å². The van der Waals surface area contributed by atoms with Gasteiger partial charge >= 0.3 is 0 Å². The summed E-state index contributed by atoms with van der Waals surface area (Å²) in [4.78, 5) is 16.8. The Bertz CT molecular complexity index is 926. The molecule has 1 aliphatic heterocycles.